The Kier molecular flexibility index (Phi) is 4.45. The Morgan fingerprint density at radius 3 is 2.35 bits per heavy atom. The lowest BCUT2D eigenvalue weighted by molar-refractivity contribution is -0.138. The molecule has 0 aliphatic rings. The minimum absolute atomic E-state index is 0.112. The normalized spacial score (nSPS) is 11.4. The van der Waals surface area contributed by atoms with Crippen molar-refractivity contribution < 1.29 is 17.9 Å². The number of hydrogen-bond donors (Lipinski definition) is 0. The van der Waals surface area contributed by atoms with Crippen LogP contribution in [0.5, 0.6) is 11.5 Å². The highest BCUT2D eigenvalue weighted by molar-refractivity contribution is 6.30. The topological polar surface area (TPSA) is 9.23 Å². The summed E-state index contributed by atoms with van der Waals surface area (Å²) in [4.78, 5) is 0. The van der Waals surface area contributed by atoms with Crippen LogP contribution in [-0.2, 0) is 12.1 Å². The van der Waals surface area contributed by atoms with E-state index in [0.29, 0.717) is 10.6 Å². The van der Waals surface area contributed by atoms with Crippen molar-refractivity contribution in [1.29, 1.82) is 0 Å². The van der Waals surface area contributed by atoms with Crippen molar-refractivity contribution in [3.63, 3.8) is 0 Å². The molecule has 0 fully saturated rings. The van der Waals surface area contributed by atoms with Crippen molar-refractivity contribution in [1.82, 2.24) is 0 Å². The number of ether oxygens (including phenoxy) is 1. The van der Waals surface area contributed by atoms with Gasteiger partial charge in [0.1, 0.15) is 11.5 Å². The van der Waals surface area contributed by atoms with E-state index in [0.717, 1.165) is 6.07 Å². The molecular formula is C14H9Cl2F3O. The smallest absolute Gasteiger partial charge is 0.419 e. The van der Waals surface area contributed by atoms with Crippen LogP contribution in [0.3, 0.4) is 0 Å². The molecule has 20 heavy (non-hydrogen) atoms. The van der Waals surface area contributed by atoms with Crippen LogP contribution < -0.4 is 4.74 Å². The maximum Gasteiger partial charge on any atom is 0.419 e. The highest BCUT2D eigenvalue weighted by Crippen LogP contribution is 2.39. The van der Waals surface area contributed by atoms with E-state index in [-0.39, 0.29) is 17.4 Å². The van der Waals surface area contributed by atoms with Gasteiger partial charge in [0.15, 0.2) is 0 Å². The second kappa shape index (κ2) is 5.94. The molecule has 2 aromatic carbocycles. The number of alkyl halides is 4. The minimum Gasteiger partial charge on any atom is -0.456 e. The molecule has 0 saturated carbocycles. The number of hydrogen-bond acceptors (Lipinski definition) is 1. The molecule has 2 rings (SSSR count). The van der Waals surface area contributed by atoms with Crippen LogP contribution in [0.25, 0.3) is 0 Å². The van der Waals surface area contributed by atoms with E-state index < -0.39 is 11.7 Å². The van der Waals surface area contributed by atoms with Gasteiger partial charge in [0.25, 0.3) is 0 Å². The van der Waals surface area contributed by atoms with Gasteiger partial charge in [-0.15, -0.1) is 11.6 Å². The van der Waals surface area contributed by atoms with Crippen LogP contribution in [0.1, 0.15) is 11.1 Å². The maximum absolute atomic E-state index is 12.9. The lowest BCUT2D eigenvalue weighted by atomic mass is 10.2. The minimum atomic E-state index is -4.49. The molecule has 0 radical (unpaired) electrons. The molecule has 0 amide bonds. The van der Waals surface area contributed by atoms with Crippen molar-refractivity contribution in [2.45, 2.75) is 12.1 Å². The fourth-order valence-electron chi connectivity index (χ4n) is 1.64. The van der Waals surface area contributed by atoms with Gasteiger partial charge >= 0.3 is 6.18 Å². The highest BCUT2D eigenvalue weighted by Gasteiger charge is 2.34. The third kappa shape index (κ3) is 3.38. The Balaban J connectivity index is 2.43. The molecule has 0 aromatic heterocycles. The van der Waals surface area contributed by atoms with Crippen LogP contribution in [0.15, 0.2) is 42.5 Å². The fraction of sp³-hybridized carbons (Fsp3) is 0.143. The summed E-state index contributed by atoms with van der Waals surface area (Å²) in [5.74, 6) is 0.0403. The lowest BCUT2D eigenvalue weighted by Gasteiger charge is -2.15. The first-order chi connectivity index (χ1) is 9.41. The highest BCUT2D eigenvalue weighted by atomic mass is 35.5. The summed E-state index contributed by atoms with van der Waals surface area (Å²) in [6.45, 7) is 0. The summed E-state index contributed by atoms with van der Waals surface area (Å²) in [5, 5.41) is 0.360. The molecule has 0 heterocycles. The molecule has 0 unspecified atom stereocenters. The van der Waals surface area contributed by atoms with E-state index in [1.807, 2.05) is 0 Å². The lowest BCUT2D eigenvalue weighted by Crippen LogP contribution is -2.07. The number of para-hydroxylation sites is 1. The van der Waals surface area contributed by atoms with Gasteiger partial charge < -0.3 is 4.74 Å². The summed E-state index contributed by atoms with van der Waals surface area (Å²) in [5.41, 5.74) is -0.284. The van der Waals surface area contributed by atoms with Crippen LogP contribution in [0.4, 0.5) is 13.2 Å². The van der Waals surface area contributed by atoms with E-state index >= 15 is 0 Å². The SMILES string of the molecule is FC(F)(F)c1ccccc1Oc1cc(Cl)ccc1CCl. The molecule has 0 N–H and O–H groups in total. The van der Waals surface area contributed by atoms with Gasteiger partial charge in [-0.1, -0.05) is 29.8 Å². The van der Waals surface area contributed by atoms with Crippen molar-refractivity contribution in [2.75, 3.05) is 0 Å². The Hall–Kier alpha value is -1.39. The van der Waals surface area contributed by atoms with Gasteiger partial charge in [-0.25, -0.2) is 0 Å². The van der Waals surface area contributed by atoms with Crippen LogP contribution in [0.2, 0.25) is 5.02 Å². The average molecular weight is 321 g/mol. The van der Waals surface area contributed by atoms with Gasteiger partial charge in [-0.05, 0) is 24.3 Å². The molecule has 2 aromatic rings. The van der Waals surface area contributed by atoms with Gasteiger partial charge in [0.05, 0.1) is 11.4 Å². The Morgan fingerprint density at radius 2 is 1.70 bits per heavy atom. The number of halogens is 5. The Morgan fingerprint density at radius 1 is 1.00 bits per heavy atom. The van der Waals surface area contributed by atoms with Gasteiger partial charge in [-0.3, -0.25) is 0 Å². The van der Waals surface area contributed by atoms with Crippen LogP contribution in [0, 0.1) is 0 Å². The van der Waals surface area contributed by atoms with E-state index in [1.54, 1.807) is 12.1 Å². The second-order valence-corrected chi connectivity index (χ2v) is 4.69. The van der Waals surface area contributed by atoms with Crippen molar-refractivity contribution in [3.05, 3.63) is 58.6 Å². The fourth-order valence-corrected chi connectivity index (χ4v) is 2.02. The van der Waals surface area contributed by atoms with Crippen molar-refractivity contribution in [3.8, 4) is 11.5 Å². The summed E-state index contributed by atoms with van der Waals surface area (Å²) in [6.07, 6.45) is -4.49. The number of rotatable bonds is 3. The molecule has 106 valence electrons. The molecule has 0 spiro atoms. The first-order valence-corrected chi connectivity index (χ1v) is 6.51. The zero-order valence-electron chi connectivity index (χ0n) is 10.0. The summed E-state index contributed by atoms with van der Waals surface area (Å²) in [7, 11) is 0. The molecule has 6 heteroatoms. The Bertz CT molecular complexity index is 612. The quantitative estimate of drug-likeness (QED) is 0.641. The largest absolute Gasteiger partial charge is 0.456 e. The summed E-state index contributed by atoms with van der Waals surface area (Å²) >= 11 is 11.6. The first-order valence-electron chi connectivity index (χ1n) is 5.60. The standard InChI is InChI=1S/C14H9Cl2F3O/c15-8-9-5-6-10(16)7-13(9)20-12-4-2-1-3-11(12)14(17,18)19/h1-7H,8H2. The molecule has 0 aliphatic carbocycles. The predicted octanol–water partition coefficient (Wildman–Crippen LogP) is 5.89. The second-order valence-electron chi connectivity index (χ2n) is 3.98. The number of benzene rings is 2. The van der Waals surface area contributed by atoms with Gasteiger partial charge in [0.2, 0.25) is 0 Å². The molecular weight excluding hydrogens is 312 g/mol. The van der Waals surface area contributed by atoms with Crippen molar-refractivity contribution >= 4 is 23.2 Å². The third-order valence-electron chi connectivity index (χ3n) is 2.59. The molecule has 0 aliphatic heterocycles. The average Bonchev–Trinajstić information content (AvgIpc) is 2.38. The van der Waals surface area contributed by atoms with Crippen molar-refractivity contribution in [2.24, 2.45) is 0 Å². The van der Waals surface area contributed by atoms with E-state index in [2.05, 4.69) is 0 Å². The Labute approximate surface area is 123 Å². The first kappa shape index (κ1) is 15.0. The molecule has 0 saturated heterocycles. The molecule has 0 bridgehead atoms. The zero-order valence-corrected chi connectivity index (χ0v) is 11.6. The molecule has 0 atom stereocenters. The van der Waals surface area contributed by atoms with Gasteiger partial charge in [-0.2, -0.15) is 13.2 Å². The van der Waals surface area contributed by atoms with Crippen LogP contribution >= 0.6 is 23.2 Å². The zero-order chi connectivity index (χ0) is 14.8. The predicted molar refractivity (Wildman–Crippen MR) is 72.5 cm³/mol. The molecule has 1 nitrogen and oxygen atoms in total. The maximum atomic E-state index is 12.9. The van der Waals surface area contributed by atoms with Crippen LogP contribution in [-0.4, -0.2) is 0 Å². The summed E-state index contributed by atoms with van der Waals surface area (Å²) < 4.78 is 44.0. The third-order valence-corrected chi connectivity index (χ3v) is 3.11. The summed E-state index contributed by atoms with van der Waals surface area (Å²) in [6, 6.07) is 9.63. The van der Waals surface area contributed by atoms with E-state index in [1.165, 1.54) is 24.3 Å². The van der Waals surface area contributed by atoms with E-state index in [4.69, 9.17) is 27.9 Å². The van der Waals surface area contributed by atoms with Gasteiger partial charge in [0, 0.05) is 10.6 Å². The van der Waals surface area contributed by atoms with E-state index in [9.17, 15) is 13.2 Å². The monoisotopic (exact) mass is 320 g/mol.